The number of esters is 1. The predicted octanol–water partition coefficient (Wildman–Crippen LogP) is 6.52. The van der Waals surface area contributed by atoms with Crippen molar-refractivity contribution in [1.29, 1.82) is 0 Å². The Morgan fingerprint density at radius 1 is 0.818 bits per heavy atom. The fourth-order valence-electron chi connectivity index (χ4n) is 2.61. The zero-order chi connectivity index (χ0) is 16.6. The first kappa shape index (κ1) is 21.5. The van der Waals surface area contributed by atoms with E-state index in [4.69, 9.17) is 4.74 Å². The van der Waals surface area contributed by atoms with Gasteiger partial charge in [-0.1, -0.05) is 91.9 Å². The van der Waals surface area contributed by atoms with E-state index in [9.17, 15) is 4.79 Å². The SMILES string of the molecule is CCC(C)CCCCCCCCCCCOC(=O)CC(C)C. The van der Waals surface area contributed by atoms with Gasteiger partial charge < -0.3 is 4.74 Å². The average molecular weight is 313 g/mol. The summed E-state index contributed by atoms with van der Waals surface area (Å²) in [4.78, 5) is 11.4. The largest absolute Gasteiger partial charge is 0.466 e. The van der Waals surface area contributed by atoms with E-state index in [1.807, 2.05) is 13.8 Å². The summed E-state index contributed by atoms with van der Waals surface area (Å²) < 4.78 is 5.21. The first-order chi connectivity index (χ1) is 10.6. The van der Waals surface area contributed by atoms with Crippen LogP contribution in [0, 0.1) is 11.8 Å². The molecule has 0 aromatic rings. The van der Waals surface area contributed by atoms with Gasteiger partial charge in [-0.25, -0.2) is 0 Å². The van der Waals surface area contributed by atoms with Gasteiger partial charge in [0.05, 0.1) is 6.61 Å². The van der Waals surface area contributed by atoms with Crippen molar-refractivity contribution in [3.63, 3.8) is 0 Å². The van der Waals surface area contributed by atoms with E-state index in [1.165, 1.54) is 64.2 Å². The standard InChI is InChI=1S/C20H40O2/c1-5-19(4)15-13-11-9-7-6-8-10-12-14-16-22-20(21)17-18(2)3/h18-19H,5-17H2,1-4H3. The maximum absolute atomic E-state index is 11.4. The van der Waals surface area contributed by atoms with Crippen molar-refractivity contribution in [3.05, 3.63) is 0 Å². The molecule has 2 nitrogen and oxygen atoms in total. The lowest BCUT2D eigenvalue weighted by Gasteiger charge is -2.07. The highest BCUT2D eigenvalue weighted by Gasteiger charge is 2.05. The number of ether oxygens (including phenoxy) is 1. The van der Waals surface area contributed by atoms with Crippen LogP contribution in [-0.2, 0) is 9.53 Å². The third kappa shape index (κ3) is 15.9. The Balaban J connectivity index is 3.13. The van der Waals surface area contributed by atoms with Gasteiger partial charge in [-0.3, -0.25) is 4.79 Å². The predicted molar refractivity (Wildman–Crippen MR) is 96.0 cm³/mol. The molecular formula is C20H40O2. The molecule has 0 saturated heterocycles. The highest BCUT2D eigenvalue weighted by Crippen LogP contribution is 2.15. The van der Waals surface area contributed by atoms with E-state index in [-0.39, 0.29) is 5.97 Å². The highest BCUT2D eigenvalue weighted by atomic mass is 16.5. The van der Waals surface area contributed by atoms with E-state index in [0.29, 0.717) is 18.9 Å². The van der Waals surface area contributed by atoms with Gasteiger partial charge in [-0.05, 0) is 18.3 Å². The van der Waals surface area contributed by atoms with Crippen molar-refractivity contribution in [2.45, 2.75) is 105 Å². The molecule has 22 heavy (non-hydrogen) atoms. The number of hydrogen-bond acceptors (Lipinski definition) is 2. The van der Waals surface area contributed by atoms with Crippen LogP contribution in [0.15, 0.2) is 0 Å². The molecule has 0 bridgehead atoms. The number of unbranched alkanes of at least 4 members (excludes halogenated alkanes) is 8. The molecule has 132 valence electrons. The normalized spacial score (nSPS) is 12.6. The Kier molecular flexibility index (Phi) is 15.0. The molecule has 0 aliphatic rings. The molecule has 0 fully saturated rings. The quantitative estimate of drug-likeness (QED) is 0.254. The minimum Gasteiger partial charge on any atom is -0.466 e. The number of carbonyl (C=O) groups excluding carboxylic acids is 1. The maximum Gasteiger partial charge on any atom is 0.306 e. The molecule has 0 spiro atoms. The summed E-state index contributed by atoms with van der Waals surface area (Å²) >= 11 is 0. The molecule has 0 aliphatic heterocycles. The fourth-order valence-corrected chi connectivity index (χ4v) is 2.61. The molecule has 0 heterocycles. The van der Waals surface area contributed by atoms with Crippen LogP contribution in [0.25, 0.3) is 0 Å². The third-order valence-corrected chi connectivity index (χ3v) is 4.38. The van der Waals surface area contributed by atoms with Crippen LogP contribution in [-0.4, -0.2) is 12.6 Å². The summed E-state index contributed by atoms with van der Waals surface area (Å²) in [5.74, 6) is 1.28. The van der Waals surface area contributed by atoms with Gasteiger partial charge in [0.1, 0.15) is 0 Å². The number of rotatable bonds is 15. The van der Waals surface area contributed by atoms with Crippen LogP contribution in [0.4, 0.5) is 0 Å². The molecule has 0 radical (unpaired) electrons. The van der Waals surface area contributed by atoms with Gasteiger partial charge >= 0.3 is 5.97 Å². The van der Waals surface area contributed by atoms with Crippen molar-refractivity contribution in [2.75, 3.05) is 6.61 Å². The van der Waals surface area contributed by atoms with E-state index >= 15 is 0 Å². The van der Waals surface area contributed by atoms with E-state index < -0.39 is 0 Å². The molecule has 0 aromatic heterocycles. The van der Waals surface area contributed by atoms with Gasteiger partial charge in [0.15, 0.2) is 0 Å². The minimum atomic E-state index is -0.0348. The fraction of sp³-hybridized carbons (Fsp3) is 0.950. The van der Waals surface area contributed by atoms with Gasteiger partial charge in [-0.15, -0.1) is 0 Å². The maximum atomic E-state index is 11.4. The molecule has 0 aromatic carbocycles. The summed E-state index contributed by atoms with van der Waals surface area (Å²) in [5.41, 5.74) is 0. The summed E-state index contributed by atoms with van der Waals surface area (Å²) in [6.45, 7) is 9.36. The van der Waals surface area contributed by atoms with Crippen molar-refractivity contribution in [1.82, 2.24) is 0 Å². The topological polar surface area (TPSA) is 26.3 Å². The smallest absolute Gasteiger partial charge is 0.306 e. The Morgan fingerprint density at radius 3 is 1.82 bits per heavy atom. The molecule has 0 saturated carbocycles. The molecule has 2 heteroatoms. The van der Waals surface area contributed by atoms with Crippen LogP contribution >= 0.6 is 0 Å². The lowest BCUT2D eigenvalue weighted by atomic mass is 9.99. The van der Waals surface area contributed by atoms with Crippen LogP contribution < -0.4 is 0 Å². The third-order valence-electron chi connectivity index (χ3n) is 4.38. The summed E-state index contributed by atoms with van der Waals surface area (Å²) in [6.07, 6.45) is 15.1. The lowest BCUT2D eigenvalue weighted by molar-refractivity contribution is -0.144. The van der Waals surface area contributed by atoms with Gasteiger partial charge in [0.2, 0.25) is 0 Å². The second-order valence-corrected chi connectivity index (χ2v) is 7.30. The molecule has 1 unspecified atom stereocenters. The average Bonchev–Trinajstić information content (AvgIpc) is 2.47. The molecule has 0 amide bonds. The lowest BCUT2D eigenvalue weighted by Crippen LogP contribution is -2.08. The summed E-state index contributed by atoms with van der Waals surface area (Å²) in [5, 5.41) is 0. The zero-order valence-electron chi connectivity index (χ0n) is 15.7. The van der Waals surface area contributed by atoms with Crippen molar-refractivity contribution < 1.29 is 9.53 Å². The van der Waals surface area contributed by atoms with Crippen molar-refractivity contribution in [3.8, 4) is 0 Å². The van der Waals surface area contributed by atoms with Crippen LogP contribution in [0.5, 0.6) is 0 Å². The zero-order valence-corrected chi connectivity index (χ0v) is 15.7. The molecule has 0 N–H and O–H groups in total. The molecule has 0 rings (SSSR count). The Labute approximate surface area is 139 Å². The Morgan fingerprint density at radius 2 is 1.32 bits per heavy atom. The summed E-state index contributed by atoms with van der Waals surface area (Å²) in [7, 11) is 0. The van der Waals surface area contributed by atoms with Crippen LogP contribution in [0.3, 0.4) is 0 Å². The second-order valence-electron chi connectivity index (χ2n) is 7.30. The monoisotopic (exact) mass is 312 g/mol. The van der Waals surface area contributed by atoms with Crippen LogP contribution in [0.1, 0.15) is 105 Å². The van der Waals surface area contributed by atoms with Gasteiger partial charge in [0, 0.05) is 6.42 Å². The molecule has 0 aliphatic carbocycles. The van der Waals surface area contributed by atoms with E-state index in [2.05, 4.69) is 13.8 Å². The summed E-state index contributed by atoms with van der Waals surface area (Å²) in [6, 6.07) is 0. The van der Waals surface area contributed by atoms with Gasteiger partial charge in [0.25, 0.3) is 0 Å². The Hall–Kier alpha value is -0.530. The van der Waals surface area contributed by atoms with Crippen molar-refractivity contribution >= 4 is 5.97 Å². The second kappa shape index (κ2) is 15.4. The van der Waals surface area contributed by atoms with Gasteiger partial charge in [-0.2, -0.15) is 0 Å². The first-order valence-electron chi connectivity index (χ1n) is 9.71. The highest BCUT2D eigenvalue weighted by molar-refractivity contribution is 5.69. The number of hydrogen-bond donors (Lipinski definition) is 0. The minimum absolute atomic E-state index is 0.0348. The Bertz CT molecular complexity index is 248. The van der Waals surface area contributed by atoms with E-state index in [1.54, 1.807) is 0 Å². The molecule has 1 atom stereocenters. The molecular weight excluding hydrogens is 272 g/mol. The van der Waals surface area contributed by atoms with E-state index in [0.717, 1.165) is 12.3 Å². The van der Waals surface area contributed by atoms with Crippen molar-refractivity contribution in [2.24, 2.45) is 11.8 Å². The first-order valence-corrected chi connectivity index (χ1v) is 9.71. The number of carbonyl (C=O) groups is 1. The van der Waals surface area contributed by atoms with Crippen LogP contribution in [0.2, 0.25) is 0 Å².